The number of nitrogens with two attached hydrogens (primary N) is 1. The number of nitrogens with zero attached hydrogens (tertiary/aromatic N) is 2. The number of hydrogen-bond donors (Lipinski definition) is 1. The van der Waals surface area contributed by atoms with Gasteiger partial charge >= 0.3 is 0 Å². The van der Waals surface area contributed by atoms with E-state index >= 15 is 0 Å². The molecule has 0 saturated heterocycles. The van der Waals surface area contributed by atoms with Crippen molar-refractivity contribution in [3.63, 3.8) is 0 Å². The molecule has 0 radical (unpaired) electrons. The van der Waals surface area contributed by atoms with Gasteiger partial charge in [0.2, 0.25) is 5.88 Å². The lowest BCUT2D eigenvalue weighted by molar-refractivity contribution is 0.423. The molecule has 1 heterocycles. The van der Waals surface area contributed by atoms with Crippen LogP contribution < -0.4 is 10.5 Å². The molecule has 1 atom stereocenters. The third-order valence-corrected chi connectivity index (χ3v) is 3.97. The molecule has 114 valence electrons. The summed E-state index contributed by atoms with van der Waals surface area (Å²) in [7, 11) is 1.91. The Kier molecular flexibility index (Phi) is 4.68. The van der Waals surface area contributed by atoms with E-state index in [4.69, 9.17) is 10.5 Å². The van der Waals surface area contributed by atoms with Gasteiger partial charge in [0.25, 0.3) is 0 Å². The van der Waals surface area contributed by atoms with Crippen LogP contribution >= 0.6 is 0 Å². The zero-order chi connectivity index (χ0) is 15.6. The molecule has 0 aliphatic carbocycles. The van der Waals surface area contributed by atoms with Crippen molar-refractivity contribution in [3.05, 3.63) is 40.6 Å². The van der Waals surface area contributed by atoms with E-state index in [1.165, 1.54) is 11.1 Å². The second kappa shape index (κ2) is 6.31. The van der Waals surface area contributed by atoms with Crippen LogP contribution in [0.5, 0.6) is 11.6 Å². The van der Waals surface area contributed by atoms with Crippen LogP contribution in [0.25, 0.3) is 0 Å². The van der Waals surface area contributed by atoms with Crippen molar-refractivity contribution >= 4 is 0 Å². The fourth-order valence-corrected chi connectivity index (χ4v) is 2.34. The van der Waals surface area contributed by atoms with Crippen LogP contribution in [-0.4, -0.2) is 15.8 Å². The Morgan fingerprint density at radius 2 is 1.95 bits per heavy atom. The zero-order valence-corrected chi connectivity index (χ0v) is 13.6. The highest BCUT2D eigenvalue weighted by Gasteiger charge is 2.17. The minimum absolute atomic E-state index is 0.134. The highest BCUT2D eigenvalue weighted by atomic mass is 16.5. The van der Waals surface area contributed by atoms with Crippen LogP contribution in [0.4, 0.5) is 0 Å². The van der Waals surface area contributed by atoms with Crippen LogP contribution in [-0.2, 0) is 13.5 Å². The van der Waals surface area contributed by atoms with Crippen LogP contribution in [0, 0.1) is 20.8 Å². The van der Waals surface area contributed by atoms with Gasteiger partial charge in [-0.2, -0.15) is 5.10 Å². The molecule has 0 spiro atoms. The second-order valence-corrected chi connectivity index (χ2v) is 5.71. The Morgan fingerprint density at radius 1 is 1.24 bits per heavy atom. The average Bonchev–Trinajstić information content (AvgIpc) is 2.69. The van der Waals surface area contributed by atoms with Gasteiger partial charge in [-0.15, -0.1) is 0 Å². The minimum Gasteiger partial charge on any atom is -0.439 e. The molecule has 2 rings (SSSR count). The van der Waals surface area contributed by atoms with Gasteiger partial charge in [0.15, 0.2) is 0 Å². The van der Waals surface area contributed by atoms with Gasteiger partial charge < -0.3 is 10.5 Å². The Hall–Kier alpha value is -1.81. The van der Waals surface area contributed by atoms with Crippen LogP contribution in [0.2, 0.25) is 0 Å². The van der Waals surface area contributed by atoms with E-state index in [0.717, 1.165) is 35.7 Å². The van der Waals surface area contributed by atoms with Gasteiger partial charge in [-0.05, 0) is 56.9 Å². The molecule has 1 aromatic heterocycles. The summed E-state index contributed by atoms with van der Waals surface area (Å²) in [5.41, 5.74) is 10.7. The number of ether oxygens (including phenoxy) is 1. The first-order chi connectivity index (χ1) is 9.92. The SMILES string of the molecule is CCC(N)Cc1c(C)nn(C)c1Oc1ccc(C)c(C)c1. The number of aryl methyl sites for hydroxylation is 4. The van der Waals surface area contributed by atoms with Gasteiger partial charge in [0, 0.05) is 18.7 Å². The first-order valence-electron chi connectivity index (χ1n) is 7.45. The number of rotatable bonds is 5. The van der Waals surface area contributed by atoms with E-state index < -0.39 is 0 Å². The normalized spacial score (nSPS) is 12.5. The molecule has 2 aromatic rings. The minimum atomic E-state index is 0.134. The zero-order valence-electron chi connectivity index (χ0n) is 13.6. The maximum absolute atomic E-state index is 6.10. The molecule has 1 unspecified atom stereocenters. The fraction of sp³-hybridized carbons (Fsp3) is 0.471. The van der Waals surface area contributed by atoms with Crippen LogP contribution in [0.15, 0.2) is 18.2 Å². The summed E-state index contributed by atoms with van der Waals surface area (Å²) >= 11 is 0. The lowest BCUT2D eigenvalue weighted by Crippen LogP contribution is -2.21. The molecule has 0 amide bonds. The van der Waals surface area contributed by atoms with E-state index in [0.29, 0.717) is 0 Å². The van der Waals surface area contributed by atoms with Crippen molar-refractivity contribution in [2.24, 2.45) is 12.8 Å². The summed E-state index contributed by atoms with van der Waals surface area (Å²) in [4.78, 5) is 0. The van der Waals surface area contributed by atoms with Gasteiger partial charge in [-0.25, -0.2) is 4.68 Å². The molecule has 0 aliphatic heterocycles. The molecule has 0 fully saturated rings. The first kappa shape index (κ1) is 15.6. The van der Waals surface area contributed by atoms with Gasteiger partial charge in [0.1, 0.15) is 5.75 Å². The van der Waals surface area contributed by atoms with Crippen molar-refractivity contribution in [2.75, 3.05) is 0 Å². The third-order valence-electron chi connectivity index (χ3n) is 3.97. The van der Waals surface area contributed by atoms with E-state index in [9.17, 15) is 0 Å². The Labute approximate surface area is 126 Å². The quantitative estimate of drug-likeness (QED) is 0.916. The number of benzene rings is 1. The molecular formula is C17H25N3O. The van der Waals surface area contributed by atoms with Crippen LogP contribution in [0.3, 0.4) is 0 Å². The molecule has 1 aromatic carbocycles. The monoisotopic (exact) mass is 287 g/mol. The van der Waals surface area contributed by atoms with E-state index in [-0.39, 0.29) is 6.04 Å². The predicted octanol–water partition coefficient (Wildman–Crippen LogP) is 3.42. The van der Waals surface area contributed by atoms with E-state index in [1.807, 2.05) is 20.0 Å². The topological polar surface area (TPSA) is 53.1 Å². The smallest absolute Gasteiger partial charge is 0.221 e. The predicted molar refractivity (Wildman–Crippen MR) is 85.9 cm³/mol. The van der Waals surface area contributed by atoms with E-state index in [2.05, 4.69) is 38.0 Å². The lowest BCUT2D eigenvalue weighted by Gasteiger charge is -2.12. The third kappa shape index (κ3) is 3.45. The summed E-state index contributed by atoms with van der Waals surface area (Å²) in [6.07, 6.45) is 1.73. The molecular weight excluding hydrogens is 262 g/mol. The van der Waals surface area contributed by atoms with Crippen molar-refractivity contribution in [1.29, 1.82) is 0 Å². The standard InChI is InChI=1S/C17H25N3O/c1-6-14(18)10-16-13(4)19-20(5)17(16)21-15-8-7-11(2)12(3)9-15/h7-9,14H,6,10,18H2,1-5H3. The maximum Gasteiger partial charge on any atom is 0.221 e. The van der Waals surface area contributed by atoms with Gasteiger partial charge in [-0.3, -0.25) is 0 Å². The Bertz CT molecular complexity index is 631. The molecule has 2 N–H and O–H groups in total. The van der Waals surface area contributed by atoms with Gasteiger partial charge in [-0.1, -0.05) is 13.0 Å². The summed E-state index contributed by atoms with van der Waals surface area (Å²) in [6.45, 7) is 8.29. The average molecular weight is 287 g/mol. The molecule has 4 heteroatoms. The first-order valence-corrected chi connectivity index (χ1v) is 7.45. The fourth-order valence-electron chi connectivity index (χ4n) is 2.34. The molecule has 0 saturated carbocycles. The highest BCUT2D eigenvalue weighted by Crippen LogP contribution is 2.29. The van der Waals surface area contributed by atoms with Gasteiger partial charge in [0.05, 0.1) is 5.69 Å². The largest absolute Gasteiger partial charge is 0.439 e. The van der Waals surface area contributed by atoms with Crippen molar-refractivity contribution in [1.82, 2.24) is 9.78 Å². The Balaban J connectivity index is 2.32. The highest BCUT2D eigenvalue weighted by molar-refractivity contribution is 5.39. The number of hydrogen-bond acceptors (Lipinski definition) is 3. The van der Waals surface area contributed by atoms with Crippen molar-refractivity contribution < 1.29 is 4.74 Å². The maximum atomic E-state index is 6.10. The second-order valence-electron chi connectivity index (χ2n) is 5.71. The Morgan fingerprint density at radius 3 is 2.57 bits per heavy atom. The molecule has 0 bridgehead atoms. The van der Waals surface area contributed by atoms with Crippen molar-refractivity contribution in [2.45, 2.75) is 46.6 Å². The lowest BCUT2D eigenvalue weighted by atomic mass is 10.1. The van der Waals surface area contributed by atoms with Crippen molar-refractivity contribution in [3.8, 4) is 11.6 Å². The molecule has 21 heavy (non-hydrogen) atoms. The van der Waals surface area contributed by atoms with E-state index in [1.54, 1.807) is 4.68 Å². The molecule has 0 aliphatic rings. The summed E-state index contributed by atoms with van der Waals surface area (Å²) < 4.78 is 7.88. The summed E-state index contributed by atoms with van der Waals surface area (Å²) in [5, 5.41) is 4.47. The summed E-state index contributed by atoms with van der Waals surface area (Å²) in [5.74, 6) is 1.63. The molecule has 4 nitrogen and oxygen atoms in total. The summed E-state index contributed by atoms with van der Waals surface area (Å²) in [6, 6.07) is 6.26. The number of aromatic nitrogens is 2. The van der Waals surface area contributed by atoms with Crippen LogP contribution in [0.1, 0.15) is 35.7 Å².